The van der Waals surface area contributed by atoms with Crippen LogP contribution in [0.4, 0.5) is 32.0 Å². The van der Waals surface area contributed by atoms with Gasteiger partial charge >= 0.3 is 12.4 Å². The monoisotopic (exact) mass is 693 g/mol. The number of halogens is 6. The molecule has 1 N–H and O–H groups in total. The quantitative estimate of drug-likeness (QED) is 0.0973. The number of carbonyl (C=O) groups is 2. The van der Waals surface area contributed by atoms with Gasteiger partial charge in [-0.2, -0.15) is 26.3 Å². The fraction of sp³-hybridized carbons (Fsp3) is 0.333. The third-order valence-corrected chi connectivity index (χ3v) is 9.93. The van der Waals surface area contributed by atoms with E-state index in [9.17, 15) is 35.9 Å². The number of hydrogen-bond acceptors (Lipinski definition) is 3. The number of rotatable bonds is 11. The van der Waals surface area contributed by atoms with E-state index in [1.807, 2.05) is 36.4 Å². The van der Waals surface area contributed by atoms with E-state index in [0.29, 0.717) is 80.4 Å². The molecule has 11 heteroatoms. The van der Waals surface area contributed by atoms with Gasteiger partial charge < -0.3 is 15.1 Å². The Labute approximate surface area is 286 Å². The summed E-state index contributed by atoms with van der Waals surface area (Å²) in [5, 5.41) is 2.16. The van der Waals surface area contributed by atoms with Crippen LogP contribution in [0.2, 0.25) is 0 Å². The molecule has 0 aromatic heterocycles. The van der Waals surface area contributed by atoms with Crippen molar-refractivity contribution in [2.75, 3.05) is 31.1 Å². The van der Waals surface area contributed by atoms with Crippen LogP contribution in [0, 0.1) is 0 Å². The first-order chi connectivity index (χ1) is 23.9. The first-order valence-corrected chi connectivity index (χ1v) is 16.7. The highest BCUT2D eigenvalue weighted by Crippen LogP contribution is 2.52. The van der Waals surface area contributed by atoms with Crippen molar-refractivity contribution in [1.82, 2.24) is 10.2 Å². The summed E-state index contributed by atoms with van der Waals surface area (Å²) in [7, 11) is 0. The van der Waals surface area contributed by atoms with E-state index >= 15 is 0 Å². The summed E-state index contributed by atoms with van der Waals surface area (Å²) < 4.78 is 82.4. The summed E-state index contributed by atoms with van der Waals surface area (Å²) >= 11 is 0. The second-order valence-corrected chi connectivity index (χ2v) is 12.9. The number of piperidine rings is 1. The zero-order valence-corrected chi connectivity index (χ0v) is 27.2. The summed E-state index contributed by atoms with van der Waals surface area (Å²) in [4.78, 5) is 29.7. The molecular weight excluding hydrogens is 656 g/mol. The van der Waals surface area contributed by atoms with Gasteiger partial charge in [-0.05, 0) is 66.1 Å². The van der Waals surface area contributed by atoms with E-state index in [4.69, 9.17) is 0 Å². The van der Waals surface area contributed by atoms with Crippen LogP contribution in [0.3, 0.4) is 0 Å². The number of unbranched alkanes of at least 4 members (excludes halogenated alkanes) is 1. The van der Waals surface area contributed by atoms with Crippen LogP contribution < -0.4 is 10.2 Å². The van der Waals surface area contributed by atoms with Crippen LogP contribution in [0.5, 0.6) is 0 Å². The number of fused-ring (bicyclic) bond motifs is 3. The first-order valence-electron chi connectivity index (χ1n) is 16.7. The Balaban J connectivity index is 1.15. The molecule has 0 saturated carbocycles. The molecule has 0 atom stereocenters. The van der Waals surface area contributed by atoms with Gasteiger partial charge in [0.15, 0.2) is 0 Å². The number of amides is 2. The molecule has 2 aliphatic rings. The van der Waals surface area contributed by atoms with Crippen LogP contribution in [0.25, 0.3) is 22.3 Å². The summed E-state index contributed by atoms with van der Waals surface area (Å²) in [5.41, 5.74) is 1.65. The normalized spacial score (nSPS) is 16.0. The lowest BCUT2D eigenvalue weighted by Crippen LogP contribution is -2.47. The fourth-order valence-corrected chi connectivity index (χ4v) is 7.65. The summed E-state index contributed by atoms with van der Waals surface area (Å²) in [6.07, 6.45) is -6.30. The fourth-order valence-electron chi connectivity index (χ4n) is 7.65. The average Bonchev–Trinajstić information content (AvgIpc) is 3.40. The lowest BCUT2D eigenvalue weighted by Gasteiger charge is -2.38. The van der Waals surface area contributed by atoms with Gasteiger partial charge in [0.1, 0.15) is 12.0 Å². The number of nitrogens with zero attached hydrogens (tertiary/aromatic N) is 2. The third-order valence-electron chi connectivity index (χ3n) is 9.93. The van der Waals surface area contributed by atoms with Crippen LogP contribution in [0.1, 0.15) is 48.8 Å². The molecule has 6 rings (SSSR count). The molecule has 1 aliphatic heterocycles. The summed E-state index contributed by atoms with van der Waals surface area (Å²) in [6.45, 7) is 0.302. The maximum absolute atomic E-state index is 14.3. The highest BCUT2D eigenvalue weighted by Gasteiger charge is 2.49. The lowest BCUT2D eigenvalue weighted by molar-refractivity contribution is -0.141. The Morgan fingerprint density at radius 1 is 0.780 bits per heavy atom. The van der Waals surface area contributed by atoms with Crippen molar-refractivity contribution in [3.05, 3.63) is 114 Å². The van der Waals surface area contributed by atoms with Crippen molar-refractivity contribution in [2.24, 2.45) is 0 Å². The number of anilines is 1. The minimum Gasteiger partial charge on any atom is -0.346 e. The molecule has 0 bridgehead atoms. The SMILES string of the molecule is O=CN(c1c(-c2ccccc2)cccc1C(F)(F)F)C1CCN(CCCCC2(C(=O)NCC(F)(F)F)c3ccccc3-c3ccccc32)CC1. The van der Waals surface area contributed by atoms with Gasteiger partial charge in [0.05, 0.1) is 11.3 Å². The molecule has 262 valence electrons. The molecule has 50 heavy (non-hydrogen) atoms. The molecule has 1 heterocycles. The summed E-state index contributed by atoms with van der Waals surface area (Å²) in [6, 6.07) is 26.9. The number of alkyl halides is 6. The molecule has 4 aromatic carbocycles. The Morgan fingerprint density at radius 3 is 1.94 bits per heavy atom. The van der Waals surface area contributed by atoms with Gasteiger partial charge in [0.2, 0.25) is 12.3 Å². The lowest BCUT2D eigenvalue weighted by atomic mass is 9.73. The van der Waals surface area contributed by atoms with Crippen molar-refractivity contribution < 1.29 is 35.9 Å². The topological polar surface area (TPSA) is 52.7 Å². The molecule has 1 saturated heterocycles. The zero-order chi connectivity index (χ0) is 35.5. The van der Waals surface area contributed by atoms with Crippen LogP contribution in [-0.4, -0.2) is 55.6 Å². The van der Waals surface area contributed by atoms with Crippen molar-refractivity contribution in [3.63, 3.8) is 0 Å². The molecule has 1 aliphatic carbocycles. The van der Waals surface area contributed by atoms with Crippen molar-refractivity contribution >= 4 is 18.0 Å². The van der Waals surface area contributed by atoms with E-state index in [0.717, 1.165) is 17.2 Å². The highest BCUT2D eigenvalue weighted by molar-refractivity contribution is 6.00. The van der Waals surface area contributed by atoms with Gasteiger partial charge in [-0.15, -0.1) is 0 Å². The molecule has 4 aromatic rings. The van der Waals surface area contributed by atoms with E-state index < -0.39 is 41.8 Å². The number of nitrogens with one attached hydrogen (secondary N) is 1. The Kier molecular flexibility index (Phi) is 10.1. The summed E-state index contributed by atoms with van der Waals surface area (Å²) in [5.74, 6) is -0.684. The van der Waals surface area contributed by atoms with Crippen LogP contribution >= 0.6 is 0 Å². The molecule has 5 nitrogen and oxygen atoms in total. The number of para-hydroxylation sites is 1. The minimum absolute atomic E-state index is 0.147. The maximum Gasteiger partial charge on any atom is 0.418 e. The first kappa shape index (κ1) is 35.2. The molecule has 1 fully saturated rings. The standard InChI is InChI=1S/C39H37F6N3O2/c40-38(41,42)25-46-36(50)37(32-16-6-4-13-30(32)31-14-5-7-17-33(31)37)21-8-9-22-47-23-19-28(20-24-47)48(26-49)35-29(27-11-2-1-3-12-27)15-10-18-34(35)39(43,44)45/h1-7,10-18,26,28H,8-9,19-25H2,(H,46,50). The van der Waals surface area contributed by atoms with Crippen LogP contribution in [0.15, 0.2) is 97.1 Å². The van der Waals surface area contributed by atoms with Crippen LogP contribution in [-0.2, 0) is 21.2 Å². The second-order valence-electron chi connectivity index (χ2n) is 12.9. The van der Waals surface area contributed by atoms with E-state index in [1.54, 1.807) is 48.5 Å². The van der Waals surface area contributed by atoms with E-state index in [2.05, 4.69) is 10.2 Å². The second kappa shape index (κ2) is 14.3. The third kappa shape index (κ3) is 7.01. The van der Waals surface area contributed by atoms with Gasteiger partial charge in [-0.1, -0.05) is 97.4 Å². The van der Waals surface area contributed by atoms with E-state index in [1.165, 1.54) is 11.0 Å². The number of benzene rings is 4. The molecule has 2 amide bonds. The number of likely N-dealkylation sites (tertiary alicyclic amines) is 1. The molecule has 0 radical (unpaired) electrons. The van der Waals surface area contributed by atoms with E-state index in [-0.39, 0.29) is 5.69 Å². The number of hydrogen-bond donors (Lipinski definition) is 1. The van der Waals surface area contributed by atoms with Gasteiger partial charge in [0.25, 0.3) is 0 Å². The number of carbonyl (C=O) groups excluding carboxylic acids is 2. The molecular formula is C39H37F6N3O2. The Bertz CT molecular complexity index is 1770. The maximum atomic E-state index is 14.3. The molecule has 0 unspecified atom stereocenters. The van der Waals surface area contributed by atoms with Gasteiger partial charge in [-0.25, -0.2) is 0 Å². The smallest absolute Gasteiger partial charge is 0.346 e. The predicted molar refractivity (Wildman–Crippen MR) is 180 cm³/mol. The van der Waals surface area contributed by atoms with Crippen molar-refractivity contribution in [1.29, 1.82) is 0 Å². The largest absolute Gasteiger partial charge is 0.418 e. The Hall–Kier alpha value is -4.64. The Morgan fingerprint density at radius 2 is 1.36 bits per heavy atom. The van der Waals surface area contributed by atoms with Gasteiger partial charge in [-0.3, -0.25) is 9.59 Å². The minimum atomic E-state index is -4.66. The zero-order valence-electron chi connectivity index (χ0n) is 27.2. The molecule has 0 spiro atoms. The predicted octanol–water partition coefficient (Wildman–Crippen LogP) is 8.62. The van der Waals surface area contributed by atoms with Gasteiger partial charge in [0, 0.05) is 24.7 Å². The van der Waals surface area contributed by atoms with Crippen molar-refractivity contribution in [2.45, 2.75) is 55.9 Å². The average molecular weight is 694 g/mol. The van der Waals surface area contributed by atoms with Crippen molar-refractivity contribution in [3.8, 4) is 22.3 Å². The highest BCUT2D eigenvalue weighted by atomic mass is 19.4.